The first kappa shape index (κ1) is 21.7. The van der Waals surface area contributed by atoms with E-state index in [1.165, 1.54) is 13.2 Å². The molecule has 2 aliphatic rings. The number of benzene rings is 1. The number of morpholine rings is 1. The molecule has 0 spiro atoms. The largest absolute Gasteiger partial charge is 0.493 e. The highest BCUT2D eigenvalue weighted by molar-refractivity contribution is 8.18. The lowest BCUT2D eigenvalue weighted by molar-refractivity contribution is -0.139. The zero-order chi connectivity index (χ0) is 21.7. The standard InChI is InChI=1S/C19H21N3O7S/c1-27-14-8-12(2-3-13(14)29-11-16(20)23)9-15-18(25)22(19(26)30-15)10-17(24)21-4-6-28-7-5-21/h2-3,8-9H,4-7,10-11H2,1H3,(H2,20,23)/b15-9+. The molecule has 2 N–H and O–H groups in total. The van der Waals surface area contributed by atoms with Gasteiger partial charge in [-0.25, -0.2) is 0 Å². The Morgan fingerprint density at radius 3 is 2.63 bits per heavy atom. The minimum Gasteiger partial charge on any atom is -0.493 e. The summed E-state index contributed by atoms with van der Waals surface area (Å²) in [5, 5.41) is -0.499. The SMILES string of the molecule is COc1cc(/C=C2/SC(=O)N(CC(=O)N3CCOCC3)C2=O)ccc1OCC(N)=O. The summed E-state index contributed by atoms with van der Waals surface area (Å²) >= 11 is 0.767. The molecule has 160 valence electrons. The van der Waals surface area contributed by atoms with Crippen molar-refractivity contribution in [3.8, 4) is 11.5 Å². The quantitative estimate of drug-likeness (QED) is 0.612. The maximum atomic E-state index is 12.7. The lowest BCUT2D eigenvalue weighted by Crippen LogP contribution is -2.46. The van der Waals surface area contributed by atoms with Crippen molar-refractivity contribution in [2.75, 3.05) is 46.6 Å². The van der Waals surface area contributed by atoms with Crippen molar-refractivity contribution in [2.24, 2.45) is 5.73 Å². The van der Waals surface area contributed by atoms with Gasteiger partial charge < -0.3 is 24.8 Å². The second-order valence-corrected chi connectivity index (χ2v) is 7.42. The fraction of sp³-hybridized carbons (Fsp3) is 0.368. The number of carbonyl (C=O) groups is 4. The Bertz CT molecular complexity index is 896. The Kier molecular flexibility index (Phi) is 6.95. The molecule has 1 aromatic carbocycles. The summed E-state index contributed by atoms with van der Waals surface area (Å²) in [6.07, 6.45) is 1.53. The number of ether oxygens (including phenoxy) is 3. The van der Waals surface area contributed by atoms with Gasteiger partial charge in [0.15, 0.2) is 18.1 Å². The van der Waals surface area contributed by atoms with Crippen molar-refractivity contribution in [1.29, 1.82) is 0 Å². The molecular formula is C19H21N3O7S. The molecule has 30 heavy (non-hydrogen) atoms. The first-order valence-electron chi connectivity index (χ1n) is 9.09. The summed E-state index contributed by atoms with van der Waals surface area (Å²) < 4.78 is 15.7. The summed E-state index contributed by atoms with van der Waals surface area (Å²) in [5.74, 6) is -0.787. The number of nitrogens with two attached hydrogens (primary N) is 1. The zero-order valence-electron chi connectivity index (χ0n) is 16.3. The van der Waals surface area contributed by atoms with Crippen LogP contribution in [0.5, 0.6) is 11.5 Å². The summed E-state index contributed by atoms with van der Waals surface area (Å²) in [7, 11) is 1.43. The van der Waals surface area contributed by atoms with Gasteiger partial charge >= 0.3 is 0 Å². The van der Waals surface area contributed by atoms with Crippen molar-refractivity contribution in [3.63, 3.8) is 0 Å². The van der Waals surface area contributed by atoms with Crippen LogP contribution in [0.2, 0.25) is 0 Å². The van der Waals surface area contributed by atoms with Gasteiger partial charge in [0.1, 0.15) is 6.54 Å². The van der Waals surface area contributed by atoms with E-state index < -0.39 is 17.1 Å². The molecule has 0 radical (unpaired) electrons. The predicted molar refractivity (Wildman–Crippen MR) is 108 cm³/mol. The number of methoxy groups -OCH3 is 1. The number of thioether (sulfide) groups is 1. The Labute approximate surface area is 176 Å². The molecule has 2 aliphatic heterocycles. The van der Waals surface area contributed by atoms with E-state index in [4.69, 9.17) is 19.9 Å². The van der Waals surface area contributed by atoms with Crippen LogP contribution >= 0.6 is 11.8 Å². The number of carbonyl (C=O) groups excluding carboxylic acids is 4. The summed E-state index contributed by atoms with van der Waals surface area (Å²) in [4.78, 5) is 50.9. The lowest BCUT2D eigenvalue weighted by Gasteiger charge is -2.28. The van der Waals surface area contributed by atoms with Crippen molar-refractivity contribution in [1.82, 2.24) is 9.80 Å². The fourth-order valence-corrected chi connectivity index (χ4v) is 3.72. The van der Waals surface area contributed by atoms with E-state index in [1.54, 1.807) is 23.1 Å². The average Bonchev–Trinajstić information content (AvgIpc) is 3.00. The maximum absolute atomic E-state index is 12.7. The van der Waals surface area contributed by atoms with E-state index in [2.05, 4.69) is 0 Å². The van der Waals surface area contributed by atoms with Crippen LogP contribution in [0, 0.1) is 0 Å². The van der Waals surface area contributed by atoms with Crippen LogP contribution in [0.25, 0.3) is 6.08 Å². The monoisotopic (exact) mass is 435 g/mol. The third-order valence-corrected chi connectivity index (χ3v) is 5.29. The van der Waals surface area contributed by atoms with Crippen molar-refractivity contribution < 1.29 is 33.4 Å². The number of primary amides is 1. The van der Waals surface area contributed by atoms with E-state index in [1.807, 2.05) is 0 Å². The van der Waals surface area contributed by atoms with E-state index in [-0.39, 0.29) is 24.0 Å². The molecule has 0 atom stereocenters. The molecule has 2 heterocycles. The third kappa shape index (κ3) is 5.10. The third-order valence-electron chi connectivity index (χ3n) is 4.39. The van der Waals surface area contributed by atoms with E-state index in [0.29, 0.717) is 43.4 Å². The van der Waals surface area contributed by atoms with Crippen molar-refractivity contribution in [2.45, 2.75) is 0 Å². The number of imide groups is 1. The molecule has 0 saturated carbocycles. The van der Waals surface area contributed by atoms with Gasteiger partial charge in [0, 0.05) is 13.1 Å². The highest BCUT2D eigenvalue weighted by Crippen LogP contribution is 2.34. The Morgan fingerprint density at radius 2 is 1.97 bits per heavy atom. The molecule has 3 rings (SSSR count). The van der Waals surface area contributed by atoms with Crippen LogP contribution in [-0.2, 0) is 19.1 Å². The molecule has 0 unspecified atom stereocenters. The highest BCUT2D eigenvalue weighted by Gasteiger charge is 2.37. The minimum absolute atomic E-state index is 0.197. The lowest BCUT2D eigenvalue weighted by atomic mass is 10.2. The first-order valence-corrected chi connectivity index (χ1v) is 9.90. The number of hydrogen-bond acceptors (Lipinski definition) is 8. The molecule has 0 aromatic heterocycles. The van der Waals surface area contributed by atoms with E-state index >= 15 is 0 Å². The highest BCUT2D eigenvalue weighted by atomic mass is 32.2. The second-order valence-electron chi connectivity index (χ2n) is 6.43. The molecule has 0 aliphatic carbocycles. The van der Waals surface area contributed by atoms with Gasteiger partial charge in [-0.05, 0) is 35.5 Å². The molecule has 10 nitrogen and oxygen atoms in total. The normalized spacial score (nSPS) is 18.1. The van der Waals surface area contributed by atoms with E-state index in [9.17, 15) is 19.2 Å². The Balaban J connectivity index is 1.71. The molecule has 1 aromatic rings. The average molecular weight is 435 g/mol. The van der Waals surface area contributed by atoms with Gasteiger partial charge in [-0.1, -0.05) is 6.07 Å². The number of nitrogens with zero attached hydrogens (tertiary/aromatic N) is 2. The molecule has 2 fully saturated rings. The summed E-state index contributed by atoms with van der Waals surface area (Å²) in [6, 6.07) is 4.81. The van der Waals surface area contributed by atoms with Crippen molar-refractivity contribution in [3.05, 3.63) is 28.7 Å². The zero-order valence-corrected chi connectivity index (χ0v) is 17.1. The van der Waals surface area contributed by atoms with Gasteiger partial charge in [-0.2, -0.15) is 0 Å². The summed E-state index contributed by atoms with van der Waals surface area (Å²) in [5.41, 5.74) is 5.66. The predicted octanol–water partition coefficient (Wildman–Crippen LogP) is 0.454. The number of amides is 4. The molecule has 2 saturated heterocycles. The van der Waals surface area contributed by atoms with Crippen LogP contribution in [-0.4, -0.2) is 79.3 Å². The van der Waals surface area contributed by atoms with Gasteiger partial charge in [0.05, 0.1) is 25.2 Å². The Hall–Kier alpha value is -3.05. The van der Waals surface area contributed by atoms with E-state index in [0.717, 1.165) is 16.7 Å². The van der Waals surface area contributed by atoms with Crippen LogP contribution in [0.3, 0.4) is 0 Å². The van der Waals surface area contributed by atoms with Gasteiger partial charge in [-0.3, -0.25) is 24.1 Å². The smallest absolute Gasteiger partial charge is 0.294 e. The summed E-state index contributed by atoms with van der Waals surface area (Å²) in [6.45, 7) is 1.16. The second kappa shape index (κ2) is 9.63. The Morgan fingerprint density at radius 1 is 1.23 bits per heavy atom. The van der Waals surface area contributed by atoms with Crippen molar-refractivity contribution >= 4 is 40.8 Å². The van der Waals surface area contributed by atoms with Crippen LogP contribution < -0.4 is 15.2 Å². The first-order chi connectivity index (χ1) is 14.4. The number of hydrogen-bond donors (Lipinski definition) is 1. The minimum atomic E-state index is -0.624. The van der Waals surface area contributed by atoms with Crippen LogP contribution in [0.15, 0.2) is 23.1 Å². The van der Waals surface area contributed by atoms with Gasteiger partial charge in [0.2, 0.25) is 5.91 Å². The fourth-order valence-electron chi connectivity index (χ4n) is 2.88. The maximum Gasteiger partial charge on any atom is 0.294 e. The van der Waals surface area contributed by atoms with Gasteiger partial charge in [0.25, 0.3) is 17.1 Å². The molecule has 11 heteroatoms. The van der Waals surface area contributed by atoms with Gasteiger partial charge in [-0.15, -0.1) is 0 Å². The molecule has 0 bridgehead atoms. The topological polar surface area (TPSA) is 128 Å². The number of rotatable bonds is 7. The van der Waals surface area contributed by atoms with Crippen LogP contribution in [0.4, 0.5) is 4.79 Å². The molecule has 4 amide bonds. The molecular weight excluding hydrogens is 414 g/mol. The van der Waals surface area contributed by atoms with Crippen LogP contribution in [0.1, 0.15) is 5.56 Å².